The van der Waals surface area contributed by atoms with Crippen LogP contribution in [-0.4, -0.2) is 31.7 Å². The van der Waals surface area contributed by atoms with Gasteiger partial charge in [-0.25, -0.2) is 9.67 Å². The molecule has 7 heteroatoms. The summed E-state index contributed by atoms with van der Waals surface area (Å²) >= 11 is 0. The monoisotopic (exact) mass is 254 g/mol. The lowest BCUT2D eigenvalue weighted by Gasteiger charge is -2.14. The van der Waals surface area contributed by atoms with Gasteiger partial charge in [-0.1, -0.05) is 6.92 Å². The Kier molecular flexibility index (Phi) is 5.29. The van der Waals surface area contributed by atoms with Crippen molar-refractivity contribution in [2.75, 3.05) is 0 Å². The fourth-order valence-corrected chi connectivity index (χ4v) is 1.59. The Morgan fingerprint density at radius 1 is 1.50 bits per heavy atom. The minimum absolute atomic E-state index is 0.0262. The molecule has 7 nitrogen and oxygen atoms in total. The number of hydrogen-bond donors (Lipinski definition) is 2. The number of aliphatic carboxylic acids is 1. The summed E-state index contributed by atoms with van der Waals surface area (Å²) in [5.74, 6) is -0.594. The third-order valence-corrected chi connectivity index (χ3v) is 2.41. The molecule has 100 valence electrons. The summed E-state index contributed by atoms with van der Waals surface area (Å²) in [5, 5.41) is 15.3. The molecule has 1 atom stereocenters. The van der Waals surface area contributed by atoms with Crippen molar-refractivity contribution in [3.05, 3.63) is 12.2 Å². The maximum Gasteiger partial charge on any atom is 0.303 e. The van der Waals surface area contributed by atoms with Gasteiger partial charge < -0.3 is 10.4 Å². The second-order valence-corrected chi connectivity index (χ2v) is 4.02. The molecular formula is C11H18N4O3. The maximum absolute atomic E-state index is 11.5. The smallest absolute Gasteiger partial charge is 0.303 e. The molecule has 0 aliphatic carbocycles. The lowest BCUT2D eigenvalue weighted by atomic mass is 10.2. The van der Waals surface area contributed by atoms with Crippen LogP contribution in [0.4, 0.5) is 0 Å². The largest absolute Gasteiger partial charge is 0.481 e. The van der Waals surface area contributed by atoms with E-state index in [1.165, 1.54) is 6.33 Å². The maximum atomic E-state index is 11.5. The lowest BCUT2D eigenvalue weighted by Crippen LogP contribution is -2.29. The van der Waals surface area contributed by atoms with Crippen molar-refractivity contribution in [3.8, 4) is 0 Å². The predicted octanol–water partition coefficient (Wildman–Crippen LogP) is 0.730. The van der Waals surface area contributed by atoms with Crippen molar-refractivity contribution in [1.29, 1.82) is 0 Å². The van der Waals surface area contributed by atoms with E-state index in [1.54, 1.807) is 11.6 Å². The zero-order valence-electron chi connectivity index (χ0n) is 10.6. The first-order valence-corrected chi connectivity index (χ1v) is 5.93. The number of hydrogen-bond acceptors (Lipinski definition) is 4. The normalized spacial score (nSPS) is 12.1. The molecule has 1 rings (SSSR count). The van der Waals surface area contributed by atoms with Crippen LogP contribution in [0.1, 0.15) is 45.0 Å². The molecule has 1 heterocycles. The highest BCUT2D eigenvalue weighted by Crippen LogP contribution is 2.09. The summed E-state index contributed by atoms with van der Waals surface area (Å²) in [7, 11) is 0. The lowest BCUT2D eigenvalue weighted by molar-refractivity contribution is -0.138. The second kappa shape index (κ2) is 6.73. The van der Waals surface area contributed by atoms with E-state index in [4.69, 9.17) is 5.11 Å². The van der Waals surface area contributed by atoms with Crippen LogP contribution in [0.2, 0.25) is 0 Å². The SMILES string of the molecule is CCCn1ncnc1[C@H](C)NC(=O)CCC(=O)O. The van der Waals surface area contributed by atoms with Crippen LogP contribution in [0.15, 0.2) is 6.33 Å². The summed E-state index contributed by atoms with van der Waals surface area (Å²) in [6.07, 6.45) is 2.18. The average molecular weight is 254 g/mol. The van der Waals surface area contributed by atoms with Gasteiger partial charge >= 0.3 is 5.97 Å². The van der Waals surface area contributed by atoms with E-state index in [-0.39, 0.29) is 24.8 Å². The van der Waals surface area contributed by atoms with Crippen LogP contribution in [0.5, 0.6) is 0 Å². The number of aryl methyl sites for hydroxylation is 1. The molecule has 0 fully saturated rings. The van der Waals surface area contributed by atoms with E-state index in [0.29, 0.717) is 5.82 Å². The highest BCUT2D eigenvalue weighted by atomic mass is 16.4. The molecule has 1 aromatic rings. The fourth-order valence-electron chi connectivity index (χ4n) is 1.59. The van der Waals surface area contributed by atoms with E-state index in [1.807, 2.05) is 6.92 Å². The predicted molar refractivity (Wildman–Crippen MR) is 63.7 cm³/mol. The molecule has 0 spiro atoms. The van der Waals surface area contributed by atoms with E-state index in [0.717, 1.165) is 13.0 Å². The molecule has 1 aromatic heterocycles. The van der Waals surface area contributed by atoms with Crippen molar-refractivity contribution in [2.45, 2.75) is 45.7 Å². The number of carboxylic acids is 1. The molecule has 2 N–H and O–H groups in total. The third kappa shape index (κ3) is 4.15. The summed E-state index contributed by atoms with van der Waals surface area (Å²) in [4.78, 5) is 25.9. The summed E-state index contributed by atoms with van der Waals surface area (Å²) in [6, 6.07) is -0.277. The molecule has 0 aliphatic rings. The number of carbonyl (C=O) groups excluding carboxylic acids is 1. The van der Waals surface area contributed by atoms with Gasteiger partial charge in [-0.3, -0.25) is 9.59 Å². The number of amides is 1. The first-order chi connectivity index (χ1) is 8.54. The van der Waals surface area contributed by atoms with Gasteiger partial charge in [0.05, 0.1) is 12.5 Å². The first kappa shape index (κ1) is 14.1. The van der Waals surface area contributed by atoms with Gasteiger partial charge in [0.2, 0.25) is 5.91 Å². The quantitative estimate of drug-likeness (QED) is 0.747. The topological polar surface area (TPSA) is 97.1 Å². The molecule has 0 saturated heterocycles. The Hall–Kier alpha value is -1.92. The second-order valence-electron chi connectivity index (χ2n) is 4.02. The highest BCUT2D eigenvalue weighted by Gasteiger charge is 2.15. The van der Waals surface area contributed by atoms with Crippen LogP contribution >= 0.6 is 0 Å². The van der Waals surface area contributed by atoms with Gasteiger partial charge in [-0.2, -0.15) is 5.10 Å². The first-order valence-electron chi connectivity index (χ1n) is 5.93. The zero-order valence-corrected chi connectivity index (χ0v) is 10.6. The molecule has 0 radical (unpaired) electrons. The van der Waals surface area contributed by atoms with Gasteiger partial charge in [-0.15, -0.1) is 0 Å². The third-order valence-electron chi connectivity index (χ3n) is 2.41. The van der Waals surface area contributed by atoms with Crippen LogP contribution in [0.3, 0.4) is 0 Å². The molecule has 0 aliphatic heterocycles. The number of aromatic nitrogens is 3. The minimum Gasteiger partial charge on any atom is -0.481 e. The van der Waals surface area contributed by atoms with Gasteiger partial charge in [0.1, 0.15) is 12.2 Å². The highest BCUT2D eigenvalue weighted by molar-refractivity contribution is 5.80. The summed E-state index contributed by atoms with van der Waals surface area (Å²) in [5.41, 5.74) is 0. The van der Waals surface area contributed by atoms with Crippen molar-refractivity contribution in [1.82, 2.24) is 20.1 Å². The number of nitrogens with one attached hydrogen (secondary N) is 1. The number of nitrogens with zero attached hydrogens (tertiary/aromatic N) is 3. The molecule has 0 unspecified atom stereocenters. The van der Waals surface area contributed by atoms with E-state index >= 15 is 0 Å². The molecule has 18 heavy (non-hydrogen) atoms. The Morgan fingerprint density at radius 2 is 2.22 bits per heavy atom. The standard InChI is InChI=1S/C11H18N4O3/c1-3-6-15-11(12-7-13-15)8(2)14-9(16)4-5-10(17)18/h7-8H,3-6H2,1-2H3,(H,14,16)(H,17,18)/t8-/m0/s1. The van der Waals surface area contributed by atoms with E-state index in [9.17, 15) is 9.59 Å². The number of carbonyl (C=O) groups is 2. The summed E-state index contributed by atoms with van der Waals surface area (Å²) < 4.78 is 1.74. The van der Waals surface area contributed by atoms with Gasteiger partial charge in [-0.05, 0) is 13.3 Å². The Balaban J connectivity index is 2.53. The van der Waals surface area contributed by atoms with Gasteiger partial charge in [0.15, 0.2) is 0 Å². The van der Waals surface area contributed by atoms with Crippen molar-refractivity contribution in [3.63, 3.8) is 0 Å². The van der Waals surface area contributed by atoms with E-state index < -0.39 is 5.97 Å². The summed E-state index contributed by atoms with van der Waals surface area (Å²) in [6.45, 7) is 4.57. The Morgan fingerprint density at radius 3 is 2.83 bits per heavy atom. The number of rotatable bonds is 7. The molecule has 0 aromatic carbocycles. The minimum atomic E-state index is -0.980. The fraction of sp³-hybridized carbons (Fsp3) is 0.636. The molecular weight excluding hydrogens is 236 g/mol. The number of carboxylic acid groups (broad SMARTS) is 1. The average Bonchev–Trinajstić information content (AvgIpc) is 2.75. The van der Waals surface area contributed by atoms with Crippen LogP contribution < -0.4 is 5.32 Å². The van der Waals surface area contributed by atoms with Crippen LogP contribution in [-0.2, 0) is 16.1 Å². The zero-order chi connectivity index (χ0) is 13.5. The Bertz CT molecular complexity index is 416. The van der Waals surface area contributed by atoms with Crippen LogP contribution in [0.25, 0.3) is 0 Å². The van der Waals surface area contributed by atoms with Crippen molar-refractivity contribution >= 4 is 11.9 Å². The van der Waals surface area contributed by atoms with Crippen LogP contribution in [0, 0.1) is 0 Å². The van der Waals surface area contributed by atoms with Gasteiger partial charge in [0, 0.05) is 13.0 Å². The molecule has 1 amide bonds. The van der Waals surface area contributed by atoms with E-state index in [2.05, 4.69) is 15.4 Å². The molecule has 0 bridgehead atoms. The van der Waals surface area contributed by atoms with Crippen molar-refractivity contribution in [2.24, 2.45) is 0 Å². The van der Waals surface area contributed by atoms with Crippen molar-refractivity contribution < 1.29 is 14.7 Å². The Labute approximate surface area is 105 Å². The van der Waals surface area contributed by atoms with Gasteiger partial charge in [0.25, 0.3) is 0 Å². The molecule has 0 saturated carbocycles.